The van der Waals surface area contributed by atoms with E-state index in [0.717, 1.165) is 12.8 Å². The van der Waals surface area contributed by atoms with Crippen molar-refractivity contribution in [2.45, 2.75) is 98.8 Å². The molecule has 114 valence electrons. The zero-order chi connectivity index (χ0) is 14.7. The Morgan fingerprint density at radius 3 is 1.53 bits per heavy atom. The fourth-order valence-corrected chi connectivity index (χ4v) is 2.65. The van der Waals surface area contributed by atoms with Crippen LogP contribution in [0.2, 0.25) is 0 Å². The molecule has 0 radical (unpaired) electrons. The van der Waals surface area contributed by atoms with Crippen molar-refractivity contribution < 1.29 is 4.79 Å². The lowest BCUT2D eigenvalue weighted by Gasteiger charge is -2.24. The van der Waals surface area contributed by atoms with E-state index in [1.807, 2.05) is 0 Å². The SMILES string of the molecule is CCCCCCC(CCCCCC)C(=O)C(C)(C)C. The monoisotopic (exact) mass is 268 g/mol. The van der Waals surface area contributed by atoms with Crippen molar-refractivity contribution >= 4 is 5.78 Å². The van der Waals surface area contributed by atoms with Gasteiger partial charge in [-0.2, -0.15) is 0 Å². The molecule has 0 aliphatic carbocycles. The molecule has 0 N–H and O–H groups in total. The van der Waals surface area contributed by atoms with Crippen molar-refractivity contribution in [2.24, 2.45) is 11.3 Å². The van der Waals surface area contributed by atoms with E-state index in [2.05, 4.69) is 34.6 Å². The maximum Gasteiger partial charge on any atom is 0.141 e. The topological polar surface area (TPSA) is 17.1 Å². The first-order valence-corrected chi connectivity index (χ1v) is 8.47. The van der Waals surface area contributed by atoms with Crippen LogP contribution in [0, 0.1) is 11.3 Å². The Labute approximate surface area is 121 Å². The van der Waals surface area contributed by atoms with E-state index in [1.165, 1.54) is 51.4 Å². The second kappa shape index (κ2) is 10.5. The number of carbonyl (C=O) groups excluding carboxylic acids is 1. The van der Waals surface area contributed by atoms with Crippen LogP contribution in [0.25, 0.3) is 0 Å². The molecular weight excluding hydrogens is 232 g/mol. The number of rotatable bonds is 11. The van der Waals surface area contributed by atoms with Gasteiger partial charge in [0.2, 0.25) is 0 Å². The lowest BCUT2D eigenvalue weighted by molar-refractivity contribution is -0.131. The first-order valence-electron chi connectivity index (χ1n) is 8.47. The van der Waals surface area contributed by atoms with Gasteiger partial charge in [0.25, 0.3) is 0 Å². The van der Waals surface area contributed by atoms with Crippen LogP contribution in [-0.4, -0.2) is 5.78 Å². The molecule has 0 saturated carbocycles. The lowest BCUT2D eigenvalue weighted by atomic mass is 9.78. The maximum absolute atomic E-state index is 12.5. The zero-order valence-corrected chi connectivity index (χ0v) is 14.1. The van der Waals surface area contributed by atoms with Crippen molar-refractivity contribution in [3.8, 4) is 0 Å². The van der Waals surface area contributed by atoms with E-state index >= 15 is 0 Å². The quantitative estimate of drug-likeness (QED) is 0.410. The summed E-state index contributed by atoms with van der Waals surface area (Å²) in [5.74, 6) is 0.800. The van der Waals surface area contributed by atoms with Gasteiger partial charge < -0.3 is 0 Å². The van der Waals surface area contributed by atoms with E-state index in [0.29, 0.717) is 11.7 Å². The molecule has 0 rings (SSSR count). The highest BCUT2D eigenvalue weighted by molar-refractivity contribution is 5.85. The van der Waals surface area contributed by atoms with E-state index in [9.17, 15) is 4.79 Å². The molecule has 0 aromatic rings. The molecule has 1 nitrogen and oxygen atoms in total. The summed E-state index contributed by atoms with van der Waals surface area (Å²) in [6.07, 6.45) is 12.4. The Balaban J connectivity index is 4.18. The molecule has 0 heterocycles. The third-order valence-electron chi connectivity index (χ3n) is 3.92. The van der Waals surface area contributed by atoms with E-state index in [1.54, 1.807) is 0 Å². The van der Waals surface area contributed by atoms with Crippen molar-refractivity contribution in [1.29, 1.82) is 0 Å². The first kappa shape index (κ1) is 18.7. The number of Topliss-reactive ketones (excluding diaryl/α,β-unsaturated/α-hetero) is 1. The molecule has 0 saturated heterocycles. The molecule has 19 heavy (non-hydrogen) atoms. The minimum Gasteiger partial charge on any atom is -0.299 e. The van der Waals surface area contributed by atoms with Gasteiger partial charge in [-0.1, -0.05) is 86.0 Å². The number of hydrogen-bond donors (Lipinski definition) is 0. The highest BCUT2D eigenvalue weighted by Gasteiger charge is 2.28. The van der Waals surface area contributed by atoms with Gasteiger partial charge in [0.05, 0.1) is 0 Å². The Morgan fingerprint density at radius 1 is 0.789 bits per heavy atom. The van der Waals surface area contributed by atoms with Gasteiger partial charge in [0.1, 0.15) is 5.78 Å². The summed E-state index contributed by atoms with van der Waals surface area (Å²) >= 11 is 0. The minimum atomic E-state index is -0.166. The molecule has 0 amide bonds. The Bertz CT molecular complexity index is 212. The number of ketones is 1. The van der Waals surface area contributed by atoms with Gasteiger partial charge in [-0.25, -0.2) is 0 Å². The predicted molar refractivity (Wildman–Crippen MR) is 85.5 cm³/mol. The smallest absolute Gasteiger partial charge is 0.141 e. The minimum absolute atomic E-state index is 0.166. The highest BCUT2D eigenvalue weighted by atomic mass is 16.1. The van der Waals surface area contributed by atoms with Crippen molar-refractivity contribution in [3.05, 3.63) is 0 Å². The molecule has 0 fully saturated rings. The van der Waals surface area contributed by atoms with Gasteiger partial charge in [-0.3, -0.25) is 4.79 Å². The molecule has 0 aromatic heterocycles. The molecule has 0 aromatic carbocycles. The van der Waals surface area contributed by atoms with Gasteiger partial charge in [-0.15, -0.1) is 0 Å². The van der Waals surface area contributed by atoms with E-state index in [-0.39, 0.29) is 5.41 Å². The van der Waals surface area contributed by atoms with Crippen LogP contribution < -0.4 is 0 Å². The number of hydrogen-bond acceptors (Lipinski definition) is 1. The average Bonchev–Trinajstić information content (AvgIpc) is 2.35. The third-order valence-corrected chi connectivity index (χ3v) is 3.92. The van der Waals surface area contributed by atoms with Crippen LogP contribution in [0.1, 0.15) is 98.8 Å². The summed E-state index contributed by atoms with van der Waals surface area (Å²) < 4.78 is 0. The van der Waals surface area contributed by atoms with E-state index < -0.39 is 0 Å². The molecule has 0 atom stereocenters. The van der Waals surface area contributed by atoms with Crippen LogP contribution in [-0.2, 0) is 4.79 Å². The maximum atomic E-state index is 12.5. The normalized spacial score (nSPS) is 12.1. The Kier molecular flexibility index (Phi) is 10.3. The summed E-state index contributed by atoms with van der Waals surface area (Å²) in [6, 6.07) is 0. The third kappa shape index (κ3) is 9.24. The molecule has 0 aliphatic rings. The van der Waals surface area contributed by atoms with Gasteiger partial charge in [0.15, 0.2) is 0 Å². The van der Waals surface area contributed by atoms with Crippen LogP contribution in [0.4, 0.5) is 0 Å². The molecular formula is C18H36O. The molecule has 0 spiro atoms. The van der Waals surface area contributed by atoms with Crippen LogP contribution >= 0.6 is 0 Å². The Hall–Kier alpha value is -0.330. The summed E-state index contributed by atoms with van der Waals surface area (Å²) in [7, 11) is 0. The number of carbonyl (C=O) groups is 1. The molecule has 0 aliphatic heterocycles. The highest BCUT2D eigenvalue weighted by Crippen LogP contribution is 2.28. The number of unbranched alkanes of at least 4 members (excludes halogenated alkanes) is 6. The summed E-state index contributed by atoms with van der Waals surface area (Å²) in [4.78, 5) is 12.5. The van der Waals surface area contributed by atoms with Gasteiger partial charge >= 0.3 is 0 Å². The molecule has 0 unspecified atom stereocenters. The summed E-state index contributed by atoms with van der Waals surface area (Å²) in [5.41, 5.74) is -0.166. The molecule has 1 heteroatoms. The van der Waals surface area contributed by atoms with E-state index in [4.69, 9.17) is 0 Å². The second-order valence-electron chi connectivity index (χ2n) is 7.01. The predicted octanol–water partition coefficient (Wildman–Crippen LogP) is 6.16. The summed E-state index contributed by atoms with van der Waals surface area (Å²) in [5, 5.41) is 0. The van der Waals surface area contributed by atoms with Crippen molar-refractivity contribution in [2.75, 3.05) is 0 Å². The fraction of sp³-hybridized carbons (Fsp3) is 0.944. The second-order valence-corrected chi connectivity index (χ2v) is 7.01. The molecule has 0 bridgehead atoms. The first-order chi connectivity index (χ1) is 8.93. The van der Waals surface area contributed by atoms with Crippen molar-refractivity contribution in [3.63, 3.8) is 0 Å². The average molecular weight is 268 g/mol. The van der Waals surface area contributed by atoms with Gasteiger partial charge in [-0.05, 0) is 12.8 Å². The van der Waals surface area contributed by atoms with Crippen LogP contribution in [0.3, 0.4) is 0 Å². The van der Waals surface area contributed by atoms with Crippen LogP contribution in [0.15, 0.2) is 0 Å². The Morgan fingerprint density at radius 2 is 1.21 bits per heavy atom. The largest absolute Gasteiger partial charge is 0.299 e. The fourth-order valence-electron chi connectivity index (χ4n) is 2.65. The van der Waals surface area contributed by atoms with Crippen LogP contribution in [0.5, 0.6) is 0 Å². The lowest BCUT2D eigenvalue weighted by Crippen LogP contribution is -2.28. The standard InChI is InChI=1S/C18H36O/c1-6-8-10-12-14-16(15-13-11-9-7-2)17(19)18(3,4)5/h16H,6-15H2,1-5H3. The van der Waals surface area contributed by atoms with Gasteiger partial charge in [0, 0.05) is 11.3 Å². The van der Waals surface area contributed by atoms with Crippen molar-refractivity contribution in [1.82, 2.24) is 0 Å². The zero-order valence-electron chi connectivity index (χ0n) is 14.1. The summed E-state index contributed by atoms with van der Waals surface area (Å²) in [6.45, 7) is 10.7.